The normalized spacial score (nSPS) is 10.7. The van der Waals surface area contributed by atoms with Crippen LogP contribution in [0, 0.1) is 13.8 Å². The molecule has 2 aromatic carbocycles. The zero-order valence-corrected chi connectivity index (χ0v) is 16.5. The molecule has 0 amide bonds. The minimum Gasteiger partial charge on any atom is -0.493 e. The van der Waals surface area contributed by atoms with Crippen LogP contribution in [0.25, 0.3) is 5.69 Å². The Hall–Kier alpha value is -2.80. The van der Waals surface area contributed by atoms with Crippen LogP contribution in [0.15, 0.2) is 47.9 Å². The molecule has 0 aliphatic carbocycles. The van der Waals surface area contributed by atoms with Crippen molar-refractivity contribution in [3.05, 3.63) is 59.4 Å². The van der Waals surface area contributed by atoms with Gasteiger partial charge in [-0.2, -0.15) is 0 Å². The van der Waals surface area contributed by atoms with Crippen LogP contribution in [0.1, 0.15) is 21.5 Å². The minimum atomic E-state index is -0.0175. The highest BCUT2D eigenvalue weighted by Crippen LogP contribution is 2.29. The molecule has 0 fully saturated rings. The summed E-state index contributed by atoms with van der Waals surface area (Å²) in [6, 6.07) is 11.4. The second kappa shape index (κ2) is 8.26. The van der Waals surface area contributed by atoms with Gasteiger partial charge < -0.3 is 9.47 Å². The number of ether oxygens (including phenoxy) is 2. The molecule has 3 rings (SSSR count). The summed E-state index contributed by atoms with van der Waals surface area (Å²) in [4.78, 5) is 12.6. The van der Waals surface area contributed by atoms with Gasteiger partial charge in [0.2, 0.25) is 0 Å². The van der Waals surface area contributed by atoms with Crippen molar-refractivity contribution in [3.8, 4) is 17.2 Å². The predicted molar refractivity (Wildman–Crippen MR) is 105 cm³/mol. The van der Waals surface area contributed by atoms with Crippen LogP contribution in [0.4, 0.5) is 0 Å². The Kier molecular flexibility index (Phi) is 5.81. The molecule has 1 aromatic heterocycles. The molecule has 7 heteroatoms. The fraction of sp³-hybridized carbons (Fsp3) is 0.250. The Morgan fingerprint density at radius 1 is 1.07 bits per heavy atom. The van der Waals surface area contributed by atoms with Crippen LogP contribution in [-0.2, 0) is 0 Å². The predicted octanol–water partition coefficient (Wildman–Crippen LogP) is 3.88. The fourth-order valence-corrected chi connectivity index (χ4v) is 3.60. The van der Waals surface area contributed by atoms with Crippen LogP contribution >= 0.6 is 11.8 Å². The maximum Gasteiger partial charge on any atom is 0.196 e. The number of nitrogens with zero attached hydrogens (tertiary/aromatic N) is 3. The Morgan fingerprint density at radius 2 is 1.85 bits per heavy atom. The Labute approximate surface area is 162 Å². The van der Waals surface area contributed by atoms with E-state index < -0.39 is 0 Å². The summed E-state index contributed by atoms with van der Waals surface area (Å²) in [6.07, 6.45) is 1.67. The number of carbonyl (C=O) groups excluding carboxylic acids is 1. The molecule has 6 nitrogen and oxygen atoms in total. The average molecular weight is 383 g/mol. The summed E-state index contributed by atoms with van der Waals surface area (Å²) in [7, 11) is 3.11. The summed E-state index contributed by atoms with van der Waals surface area (Å²) < 4.78 is 12.4. The van der Waals surface area contributed by atoms with Gasteiger partial charge in [-0.25, -0.2) is 0 Å². The second-order valence-corrected chi connectivity index (χ2v) is 7.00. The number of carbonyl (C=O) groups is 1. The quantitative estimate of drug-likeness (QED) is 0.456. The van der Waals surface area contributed by atoms with E-state index in [1.165, 1.54) is 17.3 Å². The van der Waals surface area contributed by atoms with Crippen molar-refractivity contribution in [2.75, 3.05) is 20.0 Å². The van der Waals surface area contributed by atoms with E-state index in [1.54, 1.807) is 38.7 Å². The first-order valence-electron chi connectivity index (χ1n) is 8.39. The molecule has 140 valence electrons. The van der Waals surface area contributed by atoms with Crippen molar-refractivity contribution in [2.45, 2.75) is 19.0 Å². The molecule has 27 heavy (non-hydrogen) atoms. The maximum absolute atomic E-state index is 12.6. The molecule has 0 aliphatic rings. The van der Waals surface area contributed by atoms with Gasteiger partial charge in [-0.15, -0.1) is 10.2 Å². The molecule has 0 radical (unpaired) electrons. The number of ketones is 1. The highest BCUT2D eigenvalue weighted by Gasteiger charge is 2.15. The zero-order chi connectivity index (χ0) is 19.4. The van der Waals surface area contributed by atoms with E-state index in [1.807, 2.05) is 23.6 Å². The largest absolute Gasteiger partial charge is 0.493 e. The lowest BCUT2D eigenvalue weighted by molar-refractivity contribution is 0.102. The number of aryl methyl sites for hydroxylation is 2. The first kappa shape index (κ1) is 19.0. The van der Waals surface area contributed by atoms with Crippen molar-refractivity contribution in [2.24, 2.45) is 0 Å². The van der Waals surface area contributed by atoms with Crippen LogP contribution in [0.5, 0.6) is 11.5 Å². The molecule has 0 aliphatic heterocycles. The van der Waals surface area contributed by atoms with Gasteiger partial charge in [0.25, 0.3) is 0 Å². The van der Waals surface area contributed by atoms with Gasteiger partial charge in [0, 0.05) is 5.56 Å². The third-order valence-corrected chi connectivity index (χ3v) is 5.11. The number of rotatable bonds is 7. The maximum atomic E-state index is 12.6. The highest BCUT2D eigenvalue weighted by atomic mass is 32.2. The van der Waals surface area contributed by atoms with Crippen molar-refractivity contribution in [1.82, 2.24) is 14.8 Å². The van der Waals surface area contributed by atoms with Gasteiger partial charge >= 0.3 is 0 Å². The van der Waals surface area contributed by atoms with E-state index in [4.69, 9.17) is 9.47 Å². The molecular weight excluding hydrogens is 362 g/mol. The van der Waals surface area contributed by atoms with Crippen molar-refractivity contribution >= 4 is 17.5 Å². The second-order valence-electron chi connectivity index (χ2n) is 6.06. The van der Waals surface area contributed by atoms with Gasteiger partial charge in [-0.1, -0.05) is 29.5 Å². The zero-order valence-electron chi connectivity index (χ0n) is 15.7. The van der Waals surface area contributed by atoms with E-state index in [0.717, 1.165) is 11.3 Å². The molecule has 0 saturated carbocycles. The molecule has 0 unspecified atom stereocenters. The fourth-order valence-electron chi connectivity index (χ4n) is 2.79. The molecular formula is C20H21N3O3S. The SMILES string of the molecule is COc1ccc(C(=O)CSc2nncn2-c2ccc(C)cc2C)cc1OC. The first-order chi connectivity index (χ1) is 13.0. The molecule has 0 saturated heterocycles. The number of hydrogen-bond acceptors (Lipinski definition) is 6. The van der Waals surface area contributed by atoms with E-state index in [9.17, 15) is 4.79 Å². The third kappa shape index (κ3) is 4.14. The van der Waals surface area contributed by atoms with Crippen LogP contribution in [-0.4, -0.2) is 40.5 Å². The topological polar surface area (TPSA) is 66.2 Å². The van der Waals surface area contributed by atoms with Crippen LogP contribution in [0.3, 0.4) is 0 Å². The van der Waals surface area contributed by atoms with E-state index in [0.29, 0.717) is 22.2 Å². The summed E-state index contributed by atoms with van der Waals surface area (Å²) in [5.74, 6) is 1.36. The summed E-state index contributed by atoms with van der Waals surface area (Å²) >= 11 is 1.36. The van der Waals surface area contributed by atoms with Crippen molar-refractivity contribution < 1.29 is 14.3 Å². The van der Waals surface area contributed by atoms with Gasteiger partial charge in [0.1, 0.15) is 6.33 Å². The Morgan fingerprint density at radius 3 is 2.56 bits per heavy atom. The Bertz CT molecular complexity index is 969. The Balaban J connectivity index is 1.76. The third-order valence-electron chi connectivity index (χ3n) is 4.17. The lowest BCUT2D eigenvalue weighted by Crippen LogP contribution is -2.05. The average Bonchev–Trinajstić information content (AvgIpc) is 3.13. The van der Waals surface area contributed by atoms with Gasteiger partial charge in [0.05, 0.1) is 25.7 Å². The van der Waals surface area contributed by atoms with E-state index in [2.05, 4.69) is 23.2 Å². The first-order valence-corrected chi connectivity index (χ1v) is 9.37. The van der Waals surface area contributed by atoms with Crippen molar-refractivity contribution in [1.29, 1.82) is 0 Å². The van der Waals surface area contributed by atoms with Crippen molar-refractivity contribution in [3.63, 3.8) is 0 Å². The number of methoxy groups -OCH3 is 2. The summed E-state index contributed by atoms with van der Waals surface area (Å²) in [5, 5.41) is 8.85. The molecule has 1 heterocycles. The monoisotopic (exact) mass is 383 g/mol. The minimum absolute atomic E-state index is 0.0175. The number of benzene rings is 2. The van der Waals surface area contributed by atoms with Gasteiger partial charge in [-0.05, 0) is 43.7 Å². The van der Waals surface area contributed by atoms with Crippen LogP contribution in [0.2, 0.25) is 0 Å². The molecule has 0 N–H and O–H groups in total. The molecule has 0 atom stereocenters. The number of thioether (sulfide) groups is 1. The number of aromatic nitrogens is 3. The van der Waals surface area contributed by atoms with Gasteiger partial charge in [0.15, 0.2) is 22.4 Å². The lowest BCUT2D eigenvalue weighted by atomic mass is 10.1. The van der Waals surface area contributed by atoms with Crippen LogP contribution < -0.4 is 9.47 Å². The molecule has 0 spiro atoms. The lowest BCUT2D eigenvalue weighted by Gasteiger charge is -2.11. The summed E-state index contributed by atoms with van der Waals surface area (Å²) in [6.45, 7) is 4.10. The molecule has 3 aromatic rings. The standard InChI is InChI=1S/C20H21N3O3S/c1-13-5-7-16(14(2)9-13)23-12-21-22-20(23)27-11-17(24)15-6-8-18(25-3)19(10-15)26-4/h5-10,12H,11H2,1-4H3. The smallest absolute Gasteiger partial charge is 0.196 e. The van der Waals surface area contributed by atoms with E-state index in [-0.39, 0.29) is 11.5 Å². The molecule has 0 bridgehead atoms. The highest BCUT2D eigenvalue weighted by molar-refractivity contribution is 7.99. The summed E-state index contributed by atoms with van der Waals surface area (Å²) in [5.41, 5.74) is 3.90. The number of hydrogen-bond donors (Lipinski definition) is 0. The number of Topliss-reactive ketones (excluding diaryl/α,β-unsaturated/α-hetero) is 1. The van der Waals surface area contributed by atoms with Gasteiger partial charge in [-0.3, -0.25) is 9.36 Å². The van der Waals surface area contributed by atoms with E-state index >= 15 is 0 Å².